The minimum absolute atomic E-state index is 0. The van der Waals surface area contributed by atoms with Crippen LogP contribution in [-0.4, -0.2) is 37.4 Å². The number of carbonyl (C=O) groups excluding carboxylic acids is 2. The molecule has 1 saturated heterocycles. The van der Waals surface area contributed by atoms with Crippen molar-refractivity contribution in [1.29, 1.82) is 0 Å². The van der Waals surface area contributed by atoms with Gasteiger partial charge in [0.25, 0.3) is 0 Å². The van der Waals surface area contributed by atoms with Crippen LogP contribution in [0.1, 0.15) is 19.3 Å². The molecule has 1 radical (unpaired) electrons. The molecule has 0 saturated carbocycles. The van der Waals surface area contributed by atoms with E-state index in [2.05, 4.69) is 5.32 Å². The first-order chi connectivity index (χ1) is 6.26. The van der Waals surface area contributed by atoms with Gasteiger partial charge in [0.2, 0.25) is 5.91 Å². The van der Waals surface area contributed by atoms with E-state index in [1.54, 1.807) is 11.9 Å². The smallest absolute Gasteiger partial charge is 0.520 e. The first kappa shape index (κ1) is 16.9. The fraction of sp³-hybridized carbons (Fsp3) is 0.700. The molecule has 0 aromatic heterocycles. The maximum Gasteiger partial charge on any atom is 2.00 e. The first-order valence-corrected chi connectivity index (χ1v) is 4.59. The van der Waals surface area contributed by atoms with E-state index in [0.29, 0.717) is 12.3 Å². The first-order valence-electron chi connectivity index (χ1n) is 4.59. The minimum Gasteiger partial charge on any atom is -0.520 e. The summed E-state index contributed by atoms with van der Waals surface area (Å²) in [7, 11) is 1.65. The van der Waals surface area contributed by atoms with Crippen molar-refractivity contribution in [2.75, 3.05) is 20.1 Å². The van der Waals surface area contributed by atoms with Crippen LogP contribution >= 0.6 is 0 Å². The second-order valence-corrected chi connectivity index (χ2v) is 3.40. The van der Waals surface area contributed by atoms with Crippen LogP contribution in [0, 0.1) is 13.3 Å². The van der Waals surface area contributed by atoms with Gasteiger partial charge < -0.3 is 22.4 Å². The molecular formula is C10H18N2O2V. The number of hydrogen-bond donors (Lipinski definition) is 1. The van der Waals surface area contributed by atoms with Crippen LogP contribution in [0.4, 0.5) is 0 Å². The third kappa shape index (κ3) is 5.85. The molecule has 1 aliphatic rings. The number of rotatable bonds is 3. The summed E-state index contributed by atoms with van der Waals surface area (Å²) in [5.74, 6) is 0.526. The summed E-state index contributed by atoms with van der Waals surface area (Å²) in [6.07, 6.45) is 4.30. The number of nitrogens with one attached hydrogen (secondary N) is 1. The van der Waals surface area contributed by atoms with Crippen LogP contribution in [0.5, 0.6) is 0 Å². The Bertz CT molecular complexity index is 192. The van der Waals surface area contributed by atoms with Crippen molar-refractivity contribution in [2.24, 2.45) is 5.92 Å². The molecule has 0 spiro atoms. The largest absolute Gasteiger partial charge is 2.00 e. The SMILES string of the molecule is CNC(=O)CC1CCN([C-]=O)CC1.[CH3-].[V+2]. The molecule has 1 heterocycles. The zero-order valence-electron chi connectivity index (χ0n) is 9.32. The summed E-state index contributed by atoms with van der Waals surface area (Å²) in [5.41, 5.74) is 0. The molecule has 0 unspecified atom stereocenters. The van der Waals surface area contributed by atoms with Crippen LogP contribution in [-0.2, 0) is 28.1 Å². The topological polar surface area (TPSA) is 49.4 Å². The van der Waals surface area contributed by atoms with Crippen molar-refractivity contribution in [3.63, 3.8) is 0 Å². The Balaban J connectivity index is 0. The second kappa shape index (κ2) is 8.80. The van der Waals surface area contributed by atoms with Crippen LogP contribution in [0.2, 0.25) is 0 Å². The van der Waals surface area contributed by atoms with Crippen molar-refractivity contribution in [1.82, 2.24) is 10.2 Å². The van der Waals surface area contributed by atoms with E-state index in [1.165, 1.54) is 0 Å². The predicted molar refractivity (Wildman–Crippen MR) is 55.1 cm³/mol. The van der Waals surface area contributed by atoms with Gasteiger partial charge in [0.05, 0.1) is 0 Å². The number of hydrogen-bond acceptors (Lipinski definition) is 2. The number of likely N-dealkylation sites (tertiary alicyclic amines) is 1. The molecule has 1 rings (SSSR count). The van der Waals surface area contributed by atoms with Crippen LogP contribution in [0.15, 0.2) is 0 Å². The molecule has 1 N–H and O–H groups in total. The minimum atomic E-state index is 0. The molecular weight excluding hydrogens is 231 g/mol. The third-order valence-electron chi connectivity index (χ3n) is 2.50. The van der Waals surface area contributed by atoms with E-state index in [0.717, 1.165) is 25.9 Å². The van der Waals surface area contributed by atoms with E-state index < -0.39 is 0 Å². The molecule has 0 atom stereocenters. The Labute approximate surface area is 104 Å². The normalized spacial score (nSPS) is 15.9. The second-order valence-electron chi connectivity index (χ2n) is 3.40. The van der Waals surface area contributed by atoms with Crippen molar-refractivity contribution >= 4 is 12.3 Å². The number of nitrogens with zero attached hydrogens (tertiary/aromatic N) is 1. The Morgan fingerprint density at radius 2 is 2.00 bits per heavy atom. The maximum absolute atomic E-state index is 11.0. The molecule has 2 amide bonds. The molecule has 1 aliphatic heterocycles. The average molecular weight is 249 g/mol. The summed E-state index contributed by atoms with van der Waals surface area (Å²) in [6.45, 7) is 1.48. The third-order valence-corrected chi connectivity index (χ3v) is 2.50. The molecule has 1 fully saturated rings. The molecule has 4 nitrogen and oxygen atoms in total. The van der Waals surface area contributed by atoms with Gasteiger partial charge in [-0.15, -0.1) is 0 Å². The Morgan fingerprint density at radius 1 is 1.47 bits per heavy atom. The van der Waals surface area contributed by atoms with Gasteiger partial charge in [-0.3, -0.25) is 4.79 Å². The van der Waals surface area contributed by atoms with Crippen molar-refractivity contribution in [3.8, 4) is 0 Å². The fourth-order valence-corrected chi connectivity index (χ4v) is 1.59. The summed E-state index contributed by atoms with van der Waals surface area (Å²) in [5, 5.41) is 2.61. The van der Waals surface area contributed by atoms with Gasteiger partial charge in [0, 0.05) is 13.5 Å². The van der Waals surface area contributed by atoms with Crippen molar-refractivity contribution < 1.29 is 28.1 Å². The van der Waals surface area contributed by atoms with Gasteiger partial charge in [-0.05, 0) is 31.8 Å². The van der Waals surface area contributed by atoms with Gasteiger partial charge >= 0.3 is 18.6 Å². The van der Waals surface area contributed by atoms with E-state index in [-0.39, 0.29) is 31.9 Å². The van der Waals surface area contributed by atoms with Gasteiger partial charge in [0.15, 0.2) is 0 Å². The monoisotopic (exact) mass is 249 g/mol. The molecule has 15 heavy (non-hydrogen) atoms. The van der Waals surface area contributed by atoms with Gasteiger partial charge in [-0.2, -0.15) is 6.41 Å². The number of piperidine rings is 1. The van der Waals surface area contributed by atoms with Crippen molar-refractivity contribution in [3.05, 3.63) is 7.43 Å². The Kier molecular flexibility index (Phi) is 9.94. The fourth-order valence-electron chi connectivity index (χ4n) is 1.59. The van der Waals surface area contributed by atoms with E-state index in [1.807, 2.05) is 6.41 Å². The van der Waals surface area contributed by atoms with Crippen molar-refractivity contribution in [2.45, 2.75) is 19.3 Å². The quantitative estimate of drug-likeness (QED) is 0.734. The standard InChI is InChI=1S/C9H15N2O2.CH3.V/c1-10-9(13)6-8-2-4-11(7-12)5-3-8;;/h8H,2-6H2,1H3,(H,10,13);1H3;/q2*-1;+2. The van der Waals surface area contributed by atoms with Crippen LogP contribution < -0.4 is 5.32 Å². The van der Waals surface area contributed by atoms with Gasteiger partial charge in [-0.25, -0.2) is 0 Å². The average Bonchev–Trinajstić information content (AvgIpc) is 2.19. The van der Waals surface area contributed by atoms with Crippen LogP contribution in [0.3, 0.4) is 0 Å². The molecule has 5 heteroatoms. The number of amides is 2. The van der Waals surface area contributed by atoms with Gasteiger partial charge in [0.1, 0.15) is 0 Å². The summed E-state index contributed by atoms with van der Waals surface area (Å²) < 4.78 is 0. The van der Waals surface area contributed by atoms with Gasteiger partial charge in [-0.1, -0.05) is 0 Å². The predicted octanol–water partition coefficient (Wildman–Crippen LogP) is 0.349. The summed E-state index contributed by atoms with van der Waals surface area (Å²) in [6, 6.07) is 0. The zero-order chi connectivity index (χ0) is 9.68. The van der Waals surface area contributed by atoms with E-state index >= 15 is 0 Å². The van der Waals surface area contributed by atoms with E-state index in [9.17, 15) is 9.59 Å². The number of carbonyl (C=O) groups is 1. The molecule has 85 valence electrons. The maximum atomic E-state index is 11.0. The molecule has 0 aromatic carbocycles. The molecule has 0 bridgehead atoms. The van der Waals surface area contributed by atoms with Crippen LogP contribution in [0.25, 0.3) is 0 Å². The van der Waals surface area contributed by atoms with E-state index in [4.69, 9.17) is 0 Å². The molecule has 0 aliphatic carbocycles. The molecule has 0 aromatic rings. The zero-order valence-corrected chi connectivity index (χ0v) is 10.7. The summed E-state index contributed by atoms with van der Waals surface area (Å²) in [4.78, 5) is 22.9. The Hall–Kier alpha value is -0.476. The Morgan fingerprint density at radius 3 is 2.40 bits per heavy atom. The summed E-state index contributed by atoms with van der Waals surface area (Å²) >= 11 is 0.